The number of benzene rings is 2. The summed E-state index contributed by atoms with van der Waals surface area (Å²) in [5.74, 6) is -0.0941. The third kappa shape index (κ3) is 3.29. The SMILES string of the molecule is Cl.NCc1nc(C(N)=O)c2n1-c1ccc(Cl)cc1C(c1ccccc1Cl)=NC2. The second-order valence-corrected chi connectivity index (χ2v) is 6.88. The molecule has 6 nitrogen and oxygen atoms in total. The maximum Gasteiger partial charge on any atom is 0.269 e. The van der Waals surface area contributed by atoms with Crippen LogP contribution in [0.1, 0.15) is 33.1 Å². The highest BCUT2D eigenvalue weighted by Crippen LogP contribution is 2.32. The molecule has 0 aliphatic carbocycles. The summed E-state index contributed by atoms with van der Waals surface area (Å²) in [7, 11) is 0. The molecule has 0 saturated heterocycles. The Morgan fingerprint density at radius 1 is 1.14 bits per heavy atom. The number of carbonyl (C=O) groups is 1. The molecule has 144 valence electrons. The molecule has 0 spiro atoms. The number of amides is 1. The van der Waals surface area contributed by atoms with E-state index in [1.807, 2.05) is 34.9 Å². The summed E-state index contributed by atoms with van der Waals surface area (Å²) in [6.07, 6.45) is 0. The van der Waals surface area contributed by atoms with Gasteiger partial charge in [-0.25, -0.2) is 4.98 Å². The fourth-order valence-corrected chi connectivity index (χ4v) is 3.68. The van der Waals surface area contributed by atoms with Crippen LogP contribution in [0.5, 0.6) is 0 Å². The van der Waals surface area contributed by atoms with Gasteiger partial charge in [-0.3, -0.25) is 14.4 Å². The van der Waals surface area contributed by atoms with E-state index in [4.69, 9.17) is 39.7 Å². The topological polar surface area (TPSA) is 99.3 Å². The van der Waals surface area contributed by atoms with Crippen molar-refractivity contribution in [1.82, 2.24) is 9.55 Å². The third-order valence-electron chi connectivity index (χ3n) is 4.43. The van der Waals surface area contributed by atoms with Crippen LogP contribution < -0.4 is 11.5 Å². The molecular formula is C19H16Cl3N5O. The number of rotatable bonds is 3. The van der Waals surface area contributed by atoms with Gasteiger partial charge in [-0.1, -0.05) is 41.4 Å². The summed E-state index contributed by atoms with van der Waals surface area (Å²) >= 11 is 12.7. The Hall–Kier alpha value is -2.38. The van der Waals surface area contributed by atoms with E-state index in [-0.39, 0.29) is 31.2 Å². The van der Waals surface area contributed by atoms with Crippen LogP contribution in [0.15, 0.2) is 47.5 Å². The minimum absolute atomic E-state index is 0. The molecule has 0 unspecified atom stereocenters. The molecule has 4 N–H and O–H groups in total. The van der Waals surface area contributed by atoms with Crippen LogP contribution in [0.2, 0.25) is 10.0 Å². The van der Waals surface area contributed by atoms with E-state index < -0.39 is 5.91 Å². The molecule has 4 rings (SSSR count). The zero-order valence-electron chi connectivity index (χ0n) is 14.5. The number of hydrogen-bond acceptors (Lipinski definition) is 4. The van der Waals surface area contributed by atoms with Gasteiger partial charge in [0.1, 0.15) is 5.82 Å². The van der Waals surface area contributed by atoms with Gasteiger partial charge in [0.05, 0.1) is 30.2 Å². The van der Waals surface area contributed by atoms with Gasteiger partial charge in [0.25, 0.3) is 5.91 Å². The molecule has 0 radical (unpaired) electrons. The Bertz CT molecular complexity index is 1110. The quantitative estimate of drug-likeness (QED) is 0.657. The normalized spacial score (nSPS) is 12.3. The molecule has 2 aromatic carbocycles. The summed E-state index contributed by atoms with van der Waals surface area (Å²) in [6.45, 7) is 0.349. The van der Waals surface area contributed by atoms with Crippen molar-refractivity contribution in [3.8, 4) is 5.69 Å². The van der Waals surface area contributed by atoms with E-state index in [2.05, 4.69) is 4.98 Å². The van der Waals surface area contributed by atoms with Crippen molar-refractivity contribution in [3.63, 3.8) is 0 Å². The fourth-order valence-electron chi connectivity index (χ4n) is 3.29. The van der Waals surface area contributed by atoms with Crippen molar-refractivity contribution < 1.29 is 4.79 Å². The number of carbonyl (C=O) groups excluding carboxylic acids is 1. The minimum atomic E-state index is -0.620. The van der Waals surface area contributed by atoms with Gasteiger partial charge in [-0.05, 0) is 24.3 Å². The highest BCUT2D eigenvalue weighted by molar-refractivity contribution is 6.36. The average Bonchev–Trinajstić information content (AvgIpc) is 2.94. The van der Waals surface area contributed by atoms with E-state index in [1.165, 1.54) is 0 Å². The van der Waals surface area contributed by atoms with E-state index in [0.717, 1.165) is 16.8 Å². The van der Waals surface area contributed by atoms with Gasteiger partial charge in [0, 0.05) is 21.2 Å². The number of halogens is 3. The summed E-state index contributed by atoms with van der Waals surface area (Å²) < 4.78 is 1.83. The molecule has 0 saturated carbocycles. The van der Waals surface area contributed by atoms with Crippen LogP contribution in [-0.2, 0) is 13.1 Å². The van der Waals surface area contributed by atoms with Crippen molar-refractivity contribution in [2.24, 2.45) is 16.5 Å². The van der Waals surface area contributed by atoms with Crippen molar-refractivity contribution in [2.45, 2.75) is 13.1 Å². The molecule has 0 atom stereocenters. The highest BCUT2D eigenvalue weighted by atomic mass is 35.5. The second kappa shape index (κ2) is 7.93. The Morgan fingerprint density at radius 3 is 2.57 bits per heavy atom. The van der Waals surface area contributed by atoms with Crippen LogP contribution >= 0.6 is 35.6 Å². The lowest BCUT2D eigenvalue weighted by molar-refractivity contribution is 0.0995. The van der Waals surface area contributed by atoms with Crippen LogP contribution in [0.25, 0.3) is 5.69 Å². The summed E-state index contributed by atoms with van der Waals surface area (Å²) in [4.78, 5) is 21.0. The van der Waals surface area contributed by atoms with E-state index in [9.17, 15) is 4.79 Å². The maximum absolute atomic E-state index is 11.9. The summed E-state index contributed by atoms with van der Waals surface area (Å²) in [5.41, 5.74) is 15.2. The first kappa shape index (κ1) is 20.4. The largest absolute Gasteiger partial charge is 0.364 e. The van der Waals surface area contributed by atoms with Crippen LogP contribution in [0.4, 0.5) is 0 Å². The standard InChI is InChI=1S/C19H15Cl2N5O.ClH/c20-10-5-6-14-12(7-10)17(11-3-1-2-4-13(11)21)24-9-15-18(19(23)27)25-16(8-22)26(14)15;/h1-7H,8-9,22H2,(H2,23,27);1H. The second-order valence-electron chi connectivity index (χ2n) is 6.03. The number of hydrogen-bond donors (Lipinski definition) is 2. The lowest BCUT2D eigenvalue weighted by atomic mass is 10.0. The lowest BCUT2D eigenvalue weighted by Crippen LogP contribution is -2.14. The van der Waals surface area contributed by atoms with Gasteiger partial charge in [0.2, 0.25) is 0 Å². The molecule has 1 amide bonds. The predicted molar refractivity (Wildman–Crippen MR) is 113 cm³/mol. The van der Waals surface area contributed by atoms with Gasteiger partial charge in [-0.2, -0.15) is 0 Å². The molecule has 3 aromatic rings. The smallest absolute Gasteiger partial charge is 0.269 e. The van der Waals surface area contributed by atoms with Crippen molar-refractivity contribution in [3.05, 3.63) is 80.8 Å². The summed E-state index contributed by atoms with van der Waals surface area (Å²) in [6, 6.07) is 12.9. The number of aromatic nitrogens is 2. The molecule has 0 fully saturated rings. The van der Waals surface area contributed by atoms with Gasteiger partial charge < -0.3 is 11.5 Å². The lowest BCUT2D eigenvalue weighted by Gasteiger charge is -2.14. The Kier molecular flexibility index (Phi) is 5.76. The number of nitrogens with zero attached hydrogens (tertiary/aromatic N) is 3. The maximum atomic E-state index is 11.9. The number of primary amides is 1. The molecule has 28 heavy (non-hydrogen) atoms. The first-order valence-electron chi connectivity index (χ1n) is 8.21. The van der Waals surface area contributed by atoms with Crippen LogP contribution in [0, 0.1) is 0 Å². The molecular weight excluding hydrogens is 421 g/mol. The molecule has 1 aliphatic rings. The van der Waals surface area contributed by atoms with Gasteiger partial charge in [-0.15, -0.1) is 12.4 Å². The predicted octanol–water partition coefficient (Wildman–Crippen LogP) is 3.51. The van der Waals surface area contributed by atoms with Crippen molar-refractivity contribution in [1.29, 1.82) is 0 Å². The monoisotopic (exact) mass is 435 g/mol. The van der Waals surface area contributed by atoms with E-state index in [1.54, 1.807) is 12.1 Å². The van der Waals surface area contributed by atoms with E-state index in [0.29, 0.717) is 27.3 Å². The van der Waals surface area contributed by atoms with Crippen molar-refractivity contribution >= 4 is 47.2 Å². The number of imidazole rings is 1. The minimum Gasteiger partial charge on any atom is -0.364 e. The highest BCUT2D eigenvalue weighted by Gasteiger charge is 2.27. The fraction of sp³-hybridized carbons (Fsp3) is 0.105. The Balaban J connectivity index is 0.00000225. The first-order valence-corrected chi connectivity index (χ1v) is 8.97. The van der Waals surface area contributed by atoms with Crippen LogP contribution in [0.3, 0.4) is 0 Å². The third-order valence-corrected chi connectivity index (χ3v) is 4.99. The molecule has 1 aromatic heterocycles. The molecule has 2 heterocycles. The molecule has 0 bridgehead atoms. The van der Waals surface area contributed by atoms with E-state index >= 15 is 0 Å². The average molecular weight is 437 g/mol. The zero-order chi connectivity index (χ0) is 19.1. The number of nitrogens with two attached hydrogens (primary N) is 2. The number of fused-ring (bicyclic) bond motifs is 3. The summed E-state index contributed by atoms with van der Waals surface area (Å²) in [5, 5.41) is 1.13. The molecule has 9 heteroatoms. The van der Waals surface area contributed by atoms with Gasteiger partial charge in [0.15, 0.2) is 5.69 Å². The van der Waals surface area contributed by atoms with Gasteiger partial charge >= 0.3 is 0 Å². The Morgan fingerprint density at radius 2 is 1.89 bits per heavy atom. The Labute approximate surface area is 177 Å². The molecule has 1 aliphatic heterocycles. The zero-order valence-corrected chi connectivity index (χ0v) is 16.9. The number of aliphatic imine (C=N–C) groups is 1. The van der Waals surface area contributed by atoms with Crippen LogP contribution in [-0.4, -0.2) is 21.2 Å². The van der Waals surface area contributed by atoms with Crippen molar-refractivity contribution in [2.75, 3.05) is 0 Å². The first-order chi connectivity index (χ1) is 13.0.